The standard InChI is InChI=1S/C20H22N4O2S2/c1-12-6-5-7-15(10-12)21-19-23-24-20(28-19)27-14(3)18(25)22-16-11-13(2)8-9-17(16)26-4/h5-11,14H,1-4H3,(H,21,23)(H,22,25)/t14-/m1/s1. The minimum atomic E-state index is -0.329. The first-order chi connectivity index (χ1) is 13.4. The number of nitrogens with zero attached hydrogens (tertiary/aromatic N) is 2. The van der Waals surface area contributed by atoms with E-state index in [4.69, 9.17) is 4.74 Å². The summed E-state index contributed by atoms with van der Waals surface area (Å²) in [7, 11) is 1.59. The molecule has 0 spiro atoms. The number of carbonyl (C=O) groups excluding carboxylic acids is 1. The average molecular weight is 415 g/mol. The fraction of sp³-hybridized carbons (Fsp3) is 0.250. The zero-order valence-corrected chi connectivity index (χ0v) is 17.8. The molecule has 2 aromatic carbocycles. The van der Waals surface area contributed by atoms with Gasteiger partial charge in [0.25, 0.3) is 0 Å². The number of ether oxygens (including phenoxy) is 1. The molecule has 1 aromatic heterocycles. The van der Waals surface area contributed by atoms with Crippen molar-refractivity contribution in [2.24, 2.45) is 0 Å². The summed E-state index contributed by atoms with van der Waals surface area (Å²) in [5.74, 6) is 0.522. The van der Waals surface area contributed by atoms with E-state index >= 15 is 0 Å². The van der Waals surface area contributed by atoms with Crippen molar-refractivity contribution in [1.29, 1.82) is 0 Å². The molecule has 0 aliphatic heterocycles. The second kappa shape index (κ2) is 9.07. The van der Waals surface area contributed by atoms with Gasteiger partial charge in [-0.3, -0.25) is 4.79 Å². The number of aryl methyl sites for hydroxylation is 2. The minimum absolute atomic E-state index is 0.114. The highest BCUT2D eigenvalue weighted by Gasteiger charge is 2.19. The molecule has 0 bridgehead atoms. The molecular weight excluding hydrogens is 392 g/mol. The van der Waals surface area contributed by atoms with Crippen molar-refractivity contribution in [1.82, 2.24) is 10.2 Å². The Balaban J connectivity index is 1.62. The number of aromatic nitrogens is 2. The van der Waals surface area contributed by atoms with E-state index in [0.717, 1.165) is 15.6 Å². The second-order valence-electron chi connectivity index (χ2n) is 6.32. The number of amides is 1. The first-order valence-electron chi connectivity index (χ1n) is 8.74. The number of hydrogen-bond acceptors (Lipinski definition) is 7. The summed E-state index contributed by atoms with van der Waals surface area (Å²) in [5.41, 5.74) is 3.84. The second-order valence-corrected chi connectivity index (χ2v) is 8.89. The Kier molecular flexibility index (Phi) is 6.53. The fourth-order valence-corrected chi connectivity index (χ4v) is 4.43. The maximum Gasteiger partial charge on any atom is 0.237 e. The first kappa shape index (κ1) is 20.2. The normalized spacial score (nSPS) is 11.7. The molecule has 6 nitrogen and oxygen atoms in total. The third kappa shape index (κ3) is 5.24. The van der Waals surface area contributed by atoms with Gasteiger partial charge in [-0.25, -0.2) is 0 Å². The van der Waals surface area contributed by atoms with Crippen LogP contribution in [0.25, 0.3) is 0 Å². The van der Waals surface area contributed by atoms with Crippen LogP contribution in [0.1, 0.15) is 18.1 Å². The molecule has 0 aliphatic rings. The van der Waals surface area contributed by atoms with E-state index in [0.29, 0.717) is 16.6 Å². The van der Waals surface area contributed by atoms with Crippen LogP contribution in [0.2, 0.25) is 0 Å². The number of benzene rings is 2. The maximum atomic E-state index is 12.6. The molecular formula is C20H22N4O2S2. The Morgan fingerprint density at radius 1 is 1.14 bits per heavy atom. The molecule has 1 heterocycles. The number of thioether (sulfide) groups is 1. The van der Waals surface area contributed by atoms with Crippen LogP contribution in [0.5, 0.6) is 5.75 Å². The van der Waals surface area contributed by atoms with Crippen molar-refractivity contribution < 1.29 is 9.53 Å². The summed E-state index contributed by atoms with van der Waals surface area (Å²) in [6.45, 7) is 5.85. The van der Waals surface area contributed by atoms with Crippen LogP contribution >= 0.6 is 23.1 Å². The smallest absolute Gasteiger partial charge is 0.237 e. The van der Waals surface area contributed by atoms with Gasteiger partial charge in [0.2, 0.25) is 11.0 Å². The van der Waals surface area contributed by atoms with Crippen LogP contribution in [0.4, 0.5) is 16.5 Å². The molecule has 0 radical (unpaired) electrons. The van der Waals surface area contributed by atoms with Crippen molar-refractivity contribution in [3.8, 4) is 5.75 Å². The van der Waals surface area contributed by atoms with E-state index in [1.807, 2.05) is 63.2 Å². The van der Waals surface area contributed by atoms with Crippen LogP contribution in [0, 0.1) is 13.8 Å². The lowest BCUT2D eigenvalue weighted by Crippen LogP contribution is -2.22. The highest BCUT2D eigenvalue weighted by molar-refractivity contribution is 8.02. The molecule has 2 N–H and O–H groups in total. The topological polar surface area (TPSA) is 76.1 Å². The molecule has 1 amide bonds. The number of methoxy groups -OCH3 is 1. The monoisotopic (exact) mass is 414 g/mol. The minimum Gasteiger partial charge on any atom is -0.495 e. The van der Waals surface area contributed by atoms with Gasteiger partial charge in [0, 0.05) is 5.69 Å². The van der Waals surface area contributed by atoms with Crippen LogP contribution in [0.15, 0.2) is 46.8 Å². The molecule has 8 heteroatoms. The van der Waals surface area contributed by atoms with Gasteiger partial charge in [0.15, 0.2) is 4.34 Å². The summed E-state index contributed by atoms with van der Waals surface area (Å²) >= 11 is 2.80. The Hall–Kier alpha value is -2.58. The number of nitrogens with one attached hydrogen (secondary N) is 2. The molecule has 0 unspecified atom stereocenters. The molecule has 0 saturated heterocycles. The number of carbonyl (C=O) groups is 1. The molecule has 3 rings (SSSR count). The van der Waals surface area contributed by atoms with Gasteiger partial charge in [-0.05, 0) is 56.2 Å². The van der Waals surface area contributed by atoms with Gasteiger partial charge >= 0.3 is 0 Å². The lowest BCUT2D eigenvalue weighted by molar-refractivity contribution is -0.115. The third-order valence-corrected chi connectivity index (χ3v) is 5.96. The lowest BCUT2D eigenvalue weighted by atomic mass is 10.2. The molecule has 0 fully saturated rings. The summed E-state index contributed by atoms with van der Waals surface area (Å²) in [4.78, 5) is 12.6. The lowest BCUT2D eigenvalue weighted by Gasteiger charge is -2.13. The number of anilines is 3. The highest BCUT2D eigenvalue weighted by Crippen LogP contribution is 2.32. The molecule has 1 atom stereocenters. The van der Waals surface area contributed by atoms with E-state index in [1.165, 1.54) is 28.7 Å². The van der Waals surface area contributed by atoms with Crippen molar-refractivity contribution in [3.05, 3.63) is 53.6 Å². The zero-order valence-electron chi connectivity index (χ0n) is 16.1. The fourth-order valence-electron chi connectivity index (χ4n) is 2.51. The van der Waals surface area contributed by atoms with Crippen LogP contribution in [-0.2, 0) is 4.79 Å². The van der Waals surface area contributed by atoms with Crippen molar-refractivity contribution in [2.75, 3.05) is 17.7 Å². The number of hydrogen-bond donors (Lipinski definition) is 2. The largest absolute Gasteiger partial charge is 0.495 e. The summed E-state index contributed by atoms with van der Waals surface area (Å²) < 4.78 is 6.05. The van der Waals surface area contributed by atoms with Gasteiger partial charge in [0.1, 0.15) is 5.75 Å². The SMILES string of the molecule is COc1ccc(C)cc1NC(=O)[C@@H](C)Sc1nnc(Nc2cccc(C)c2)s1. The zero-order chi connectivity index (χ0) is 20.1. The van der Waals surface area contributed by atoms with Gasteiger partial charge in [-0.2, -0.15) is 0 Å². The predicted molar refractivity (Wildman–Crippen MR) is 116 cm³/mol. The van der Waals surface area contributed by atoms with Crippen LogP contribution in [0.3, 0.4) is 0 Å². The summed E-state index contributed by atoms with van der Waals surface area (Å²) in [5, 5.41) is 14.9. The van der Waals surface area contributed by atoms with E-state index in [9.17, 15) is 4.79 Å². The number of rotatable bonds is 7. The average Bonchev–Trinajstić information content (AvgIpc) is 3.08. The highest BCUT2D eigenvalue weighted by atomic mass is 32.2. The molecule has 28 heavy (non-hydrogen) atoms. The van der Waals surface area contributed by atoms with E-state index in [1.54, 1.807) is 7.11 Å². The quantitative estimate of drug-likeness (QED) is 0.528. The Morgan fingerprint density at radius 3 is 2.68 bits per heavy atom. The van der Waals surface area contributed by atoms with E-state index in [2.05, 4.69) is 20.8 Å². The van der Waals surface area contributed by atoms with Gasteiger partial charge < -0.3 is 15.4 Å². The predicted octanol–water partition coefficient (Wildman–Crippen LogP) is 5.03. The van der Waals surface area contributed by atoms with Crippen molar-refractivity contribution >= 4 is 45.5 Å². The van der Waals surface area contributed by atoms with Gasteiger partial charge in [0.05, 0.1) is 18.0 Å². The van der Waals surface area contributed by atoms with Gasteiger partial charge in [-0.15, -0.1) is 10.2 Å². The van der Waals surface area contributed by atoms with Crippen LogP contribution in [-0.4, -0.2) is 28.5 Å². The van der Waals surface area contributed by atoms with Crippen LogP contribution < -0.4 is 15.4 Å². The van der Waals surface area contributed by atoms with Gasteiger partial charge in [-0.1, -0.05) is 41.3 Å². The Labute approximate surface area is 172 Å². The molecule has 3 aromatic rings. The summed E-state index contributed by atoms with van der Waals surface area (Å²) in [6.07, 6.45) is 0. The summed E-state index contributed by atoms with van der Waals surface area (Å²) in [6, 6.07) is 13.7. The van der Waals surface area contributed by atoms with E-state index in [-0.39, 0.29) is 11.2 Å². The maximum absolute atomic E-state index is 12.6. The molecule has 146 valence electrons. The third-order valence-electron chi connectivity index (χ3n) is 3.94. The molecule has 0 aliphatic carbocycles. The Morgan fingerprint density at radius 2 is 1.93 bits per heavy atom. The van der Waals surface area contributed by atoms with Crippen molar-refractivity contribution in [2.45, 2.75) is 30.4 Å². The first-order valence-corrected chi connectivity index (χ1v) is 10.4. The molecule has 0 saturated carbocycles. The Bertz CT molecular complexity index is 974. The van der Waals surface area contributed by atoms with Crippen molar-refractivity contribution in [3.63, 3.8) is 0 Å². The van der Waals surface area contributed by atoms with E-state index < -0.39 is 0 Å².